The number of phosphoric ester groups is 2. The molecule has 0 aromatic rings. The van der Waals surface area contributed by atoms with Gasteiger partial charge in [0.1, 0.15) is 19.3 Å². The number of phosphoric acid groups is 2. The number of aliphatic hydroxyl groups is 1. The van der Waals surface area contributed by atoms with Crippen LogP contribution < -0.4 is 0 Å². The zero-order valence-corrected chi connectivity index (χ0v) is 61.3. The van der Waals surface area contributed by atoms with Crippen molar-refractivity contribution in [2.45, 2.75) is 375 Å². The van der Waals surface area contributed by atoms with E-state index >= 15 is 0 Å². The first-order valence-electron chi connectivity index (χ1n) is 37.2. The molecule has 0 heterocycles. The Kier molecular flexibility index (Phi) is 60.3. The second kappa shape index (κ2) is 61.6. The van der Waals surface area contributed by atoms with Gasteiger partial charge in [-0.3, -0.25) is 37.3 Å². The van der Waals surface area contributed by atoms with Crippen LogP contribution in [0.4, 0.5) is 0 Å². The quantitative estimate of drug-likeness (QED) is 0.0222. The third-order valence-corrected chi connectivity index (χ3v) is 18.8. The lowest BCUT2D eigenvalue weighted by molar-refractivity contribution is -0.161. The van der Waals surface area contributed by atoms with Crippen molar-refractivity contribution in [3.8, 4) is 0 Å². The average Bonchev–Trinajstić information content (AvgIpc) is 3.72. The maximum Gasteiger partial charge on any atom is 0.472 e. The second-order valence-corrected chi connectivity index (χ2v) is 30.6. The number of unbranched alkanes of at least 4 members (excludes halogenated alkanes) is 34. The van der Waals surface area contributed by atoms with E-state index < -0.39 is 97.5 Å². The van der Waals surface area contributed by atoms with Crippen LogP contribution in [-0.4, -0.2) is 96.7 Å². The molecule has 3 N–H and O–H groups in total. The number of hydrogen-bond donors (Lipinski definition) is 3. The molecule has 4 unspecified atom stereocenters. The highest BCUT2D eigenvalue weighted by Crippen LogP contribution is 2.45. The fourth-order valence-corrected chi connectivity index (χ4v) is 12.4. The zero-order valence-electron chi connectivity index (χ0n) is 59.5. The molecule has 6 atom stereocenters. The molecule has 0 amide bonds. The first kappa shape index (κ1) is 89.1. The van der Waals surface area contributed by atoms with Gasteiger partial charge in [0, 0.05) is 25.7 Å². The normalized spacial score (nSPS) is 14.5. The molecule has 0 aliphatic heterocycles. The number of carbonyl (C=O) groups is 4. The van der Waals surface area contributed by atoms with Crippen LogP contribution in [0.25, 0.3) is 0 Å². The molecule has 91 heavy (non-hydrogen) atoms. The van der Waals surface area contributed by atoms with Gasteiger partial charge >= 0.3 is 39.5 Å². The fourth-order valence-electron chi connectivity index (χ4n) is 10.8. The Morgan fingerprint density at radius 3 is 0.780 bits per heavy atom. The van der Waals surface area contributed by atoms with Gasteiger partial charge in [0.25, 0.3) is 0 Å². The Hall–Kier alpha value is -1.94. The fraction of sp³-hybridized carbons (Fsp3) is 0.944. The Morgan fingerprint density at radius 2 is 0.527 bits per heavy atom. The van der Waals surface area contributed by atoms with Crippen molar-refractivity contribution >= 4 is 39.5 Å². The number of hydrogen-bond acceptors (Lipinski definition) is 15. The molecule has 0 saturated heterocycles. The Morgan fingerprint density at radius 1 is 0.308 bits per heavy atom. The van der Waals surface area contributed by atoms with E-state index in [-0.39, 0.29) is 25.7 Å². The minimum atomic E-state index is -4.95. The summed E-state index contributed by atoms with van der Waals surface area (Å²) in [5.74, 6) is 0.874. The number of aliphatic hydroxyl groups excluding tert-OH is 1. The second-order valence-electron chi connectivity index (χ2n) is 27.6. The van der Waals surface area contributed by atoms with Crippen LogP contribution in [-0.2, 0) is 65.4 Å². The third kappa shape index (κ3) is 65.1. The monoisotopic (exact) mass is 1340 g/mol. The van der Waals surface area contributed by atoms with Crippen LogP contribution in [0.15, 0.2) is 0 Å². The minimum Gasteiger partial charge on any atom is -0.462 e. The lowest BCUT2D eigenvalue weighted by Gasteiger charge is -2.21. The Bertz CT molecular complexity index is 1800. The summed E-state index contributed by atoms with van der Waals surface area (Å²) < 4.78 is 68.3. The molecule has 0 radical (unpaired) electrons. The third-order valence-electron chi connectivity index (χ3n) is 16.9. The van der Waals surface area contributed by atoms with Gasteiger partial charge in [0.15, 0.2) is 12.2 Å². The van der Waals surface area contributed by atoms with Crippen LogP contribution in [0, 0.1) is 23.7 Å². The van der Waals surface area contributed by atoms with Crippen molar-refractivity contribution in [1.29, 1.82) is 0 Å². The lowest BCUT2D eigenvalue weighted by Crippen LogP contribution is -2.30. The van der Waals surface area contributed by atoms with Gasteiger partial charge in [-0.1, -0.05) is 306 Å². The van der Waals surface area contributed by atoms with Crippen LogP contribution in [0.1, 0.15) is 357 Å². The van der Waals surface area contributed by atoms with E-state index in [9.17, 15) is 43.2 Å². The largest absolute Gasteiger partial charge is 0.472 e. The van der Waals surface area contributed by atoms with Crippen LogP contribution in [0.3, 0.4) is 0 Å². The Labute approximate surface area is 556 Å². The number of rotatable bonds is 69. The first-order valence-corrected chi connectivity index (χ1v) is 40.2. The van der Waals surface area contributed by atoms with E-state index in [4.69, 9.17) is 37.0 Å². The van der Waals surface area contributed by atoms with E-state index in [1.165, 1.54) is 154 Å². The van der Waals surface area contributed by atoms with Crippen molar-refractivity contribution in [2.75, 3.05) is 39.6 Å². The summed E-state index contributed by atoms with van der Waals surface area (Å²) in [5.41, 5.74) is 0. The van der Waals surface area contributed by atoms with E-state index in [2.05, 4.69) is 55.4 Å². The Balaban J connectivity index is 5.24. The first-order chi connectivity index (χ1) is 43.6. The van der Waals surface area contributed by atoms with Gasteiger partial charge in [-0.15, -0.1) is 0 Å². The highest BCUT2D eigenvalue weighted by molar-refractivity contribution is 7.47. The highest BCUT2D eigenvalue weighted by Gasteiger charge is 2.30. The summed E-state index contributed by atoms with van der Waals surface area (Å²) in [6, 6.07) is 0. The smallest absolute Gasteiger partial charge is 0.462 e. The molecule has 0 aromatic carbocycles. The molecule has 0 aliphatic rings. The molecule has 0 saturated carbocycles. The summed E-state index contributed by atoms with van der Waals surface area (Å²) in [6.07, 6.45) is 44.5. The molecule has 0 aromatic heterocycles. The maximum absolute atomic E-state index is 13.0. The topological polar surface area (TPSA) is 237 Å². The van der Waals surface area contributed by atoms with E-state index in [0.717, 1.165) is 114 Å². The average molecular weight is 1340 g/mol. The molecule has 0 spiro atoms. The molecule has 19 heteroatoms. The van der Waals surface area contributed by atoms with Gasteiger partial charge in [0.2, 0.25) is 0 Å². The molecule has 17 nitrogen and oxygen atoms in total. The molecular formula is C72H140O17P2. The summed E-state index contributed by atoms with van der Waals surface area (Å²) in [5, 5.41) is 10.6. The van der Waals surface area contributed by atoms with Gasteiger partial charge in [-0.05, 0) is 49.4 Å². The van der Waals surface area contributed by atoms with Gasteiger partial charge in [-0.2, -0.15) is 0 Å². The number of carbonyl (C=O) groups excluding carboxylic acids is 4. The molecule has 0 fully saturated rings. The molecule has 540 valence electrons. The minimum absolute atomic E-state index is 0.103. The lowest BCUT2D eigenvalue weighted by atomic mass is 9.99. The van der Waals surface area contributed by atoms with Gasteiger partial charge in [-0.25, -0.2) is 9.13 Å². The van der Waals surface area contributed by atoms with Crippen molar-refractivity contribution < 1.29 is 80.2 Å². The summed E-state index contributed by atoms with van der Waals surface area (Å²) in [7, 11) is -9.91. The van der Waals surface area contributed by atoms with Gasteiger partial charge < -0.3 is 33.8 Å². The molecular weight excluding hydrogens is 1200 g/mol. The van der Waals surface area contributed by atoms with Crippen molar-refractivity contribution in [3.63, 3.8) is 0 Å². The van der Waals surface area contributed by atoms with Gasteiger partial charge in [0.05, 0.1) is 26.4 Å². The van der Waals surface area contributed by atoms with E-state index in [0.29, 0.717) is 31.6 Å². The number of esters is 4. The predicted octanol–water partition coefficient (Wildman–Crippen LogP) is 20.5. The summed E-state index contributed by atoms with van der Waals surface area (Å²) in [6.45, 7) is 14.1. The maximum atomic E-state index is 13.0. The van der Waals surface area contributed by atoms with Crippen molar-refractivity contribution in [2.24, 2.45) is 23.7 Å². The summed E-state index contributed by atoms with van der Waals surface area (Å²) in [4.78, 5) is 72.6. The molecule has 0 bridgehead atoms. The molecule has 0 rings (SSSR count). The van der Waals surface area contributed by atoms with E-state index in [1.807, 2.05) is 0 Å². The number of ether oxygens (including phenoxy) is 4. The summed E-state index contributed by atoms with van der Waals surface area (Å²) >= 11 is 0. The van der Waals surface area contributed by atoms with Crippen molar-refractivity contribution in [1.82, 2.24) is 0 Å². The van der Waals surface area contributed by atoms with Crippen LogP contribution in [0.5, 0.6) is 0 Å². The van der Waals surface area contributed by atoms with Crippen LogP contribution >= 0.6 is 15.6 Å². The SMILES string of the molecule is CCC(C)CCCCCCCCCCC(=O)OC[C@H](COP(=O)(O)OCC(O)COP(=O)(O)OC[C@@H](COC(=O)CCCCCCCCCC(C)C)OC(=O)CCCCCCCCCCC(C)C)OC(=O)CCCCCCCCCCCCCCCCCC(C)C. The standard InChI is InChI=1S/C72H140O17P2/c1-9-65(8)51-43-35-27-20-22-28-36-44-52-69(74)82-58-67(88-71(76)54-46-38-29-18-16-14-12-10-11-13-15-17-24-32-40-48-62(2)3)60-86-90(78,79)84-56-66(73)57-85-91(80,81)87-61-68(59-83-70(75)53-45-37-31-23-26-34-42-50-64(6)7)89-72(77)55-47-39-30-21-19-25-33-41-49-63(4)5/h62-68,73H,9-61H2,1-8H3,(H,78,79)(H,80,81)/t65?,66?,67-,68-/m1/s1. The zero-order chi connectivity index (χ0) is 67.5. The van der Waals surface area contributed by atoms with Crippen LogP contribution in [0.2, 0.25) is 0 Å². The highest BCUT2D eigenvalue weighted by atomic mass is 31.2. The van der Waals surface area contributed by atoms with Crippen molar-refractivity contribution in [3.05, 3.63) is 0 Å². The predicted molar refractivity (Wildman–Crippen MR) is 367 cm³/mol. The van der Waals surface area contributed by atoms with E-state index in [1.54, 1.807) is 0 Å². The molecule has 0 aliphatic carbocycles.